The molecular weight excluding hydrogens is 374 g/mol. The summed E-state index contributed by atoms with van der Waals surface area (Å²) in [6, 6.07) is 12.0. The minimum absolute atomic E-state index is 0.0520. The van der Waals surface area contributed by atoms with Gasteiger partial charge in [0.1, 0.15) is 29.5 Å². The maximum atomic E-state index is 12.3. The lowest BCUT2D eigenvalue weighted by molar-refractivity contribution is 0.0853. The molecule has 1 atom stereocenters. The molecule has 154 valence electrons. The Balaban J connectivity index is 1.43. The fourth-order valence-corrected chi connectivity index (χ4v) is 2.89. The third-order valence-corrected chi connectivity index (χ3v) is 4.44. The quantitative estimate of drug-likeness (QED) is 0.624. The highest BCUT2D eigenvalue weighted by Gasteiger charge is 2.18. The van der Waals surface area contributed by atoms with E-state index >= 15 is 0 Å². The molecule has 1 fully saturated rings. The van der Waals surface area contributed by atoms with Crippen molar-refractivity contribution in [2.75, 3.05) is 33.4 Å². The Morgan fingerprint density at radius 1 is 1.07 bits per heavy atom. The first-order valence-corrected chi connectivity index (χ1v) is 9.57. The van der Waals surface area contributed by atoms with Crippen molar-refractivity contribution in [3.8, 4) is 11.5 Å². The zero-order valence-corrected chi connectivity index (χ0v) is 16.3. The first kappa shape index (κ1) is 20.6. The number of hydrogen-bond acceptors (Lipinski definition) is 6. The van der Waals surface area contributed by atoms with Crippen molar-refractivity contribution in [1.82, 2.24) is 15.6 Å². The maximum absolute atomic E-state index is 12.3. The smallest absolute Gasteiger partial charge is 0.270 e. The minimum Gasteiger partial charge on any atom is -0.497 e. The van der Waals surface area contributed by atoms with Gasteiger partial charge in [-0.05, 0) is 49.2 Å². The van der Waals surface area contributed by atoms with Gasteiger partial charge >= 0.3 is 0 Å². The van der Waals surface area contributed by atoms with Crippen LogP contribution in [0.3, 0.4) is 0 Å². The summed E-state index contributed by atoms with van der Waals surface area (Å²) in [6.07, 6.45) is 2.00. The molecule has 8 nitrogen and oxygen atoms in total. The SMILES string of the molecule is COc1ccc(OCCNC(=O)c2cccc(C(=O)NCC3CCCO3)n2)cc1. The second-order valence-corrected chi connectivity index (χ2v) is 6.53. The topological polar surface area (TPSA) is 98.8 Å². The molecule has 1 aromatic carbocycles. The molecule has 2 aromatic rings. The summed E-state index contributed by atoms with van der Waals surface area (Å²) in [5.41, 5.74) is 0.379. The third-order valence-electron chi connectivity index (χ3n) is 4.44. The number of benzene rings is 1. The normalized spacial score (nSPS) is 15.6. The lowest BCUT2D eigenvalue weighted by atomic mass is 10.2. The Morgan fingerprint density at radius 2 is 1.76 bits per heavy atom. The van der Waals surface area contributed by atoms with Crippen LogP contribution in [0.2, 0.25) is 0 Å². The van der Waals surface area contributed by atoms with Crippen molar-refractivity contribution in [2.24, 2.45) is 0 Å². The van der Waals surface area contributed by atoms with E-state index in [2.05, 4.69) is 15.6 Å². The summed E-state index contributed by atoms with van der Waals surface area (Å²) in [4.78, 5) is 28.7. The zero-order chi connectivity index (χ0) is 20.5. The molecule has 1 saturated heterocycles. The lowest BCUT2D eigenvalue weighted by Gasteiger charge is -2.11. The highest BCUT2D eigenvalue weighted by atomic mass is 16.5. The van der Waals surface area contributed by atoms with E-state index in [4.69, 9.17) is 14.2 Å². The highest BCUT2D eigenvalue weighted by Crippen LogP contribution is 2.16. The van der Waals surface area contributed by atoms with Gasteiger partial charge in [0.2, 0.25) is 0 Å². The summed E-state index contributed by atoms with van der Waals surface area (Å²) in [5, 5.41) is 5.53. The van der Waals surface area contributed by atoms with Gasteiger partial charge in [-0.15, -0.1) is 0 Å². The summed E-state index contributed by atoms with van der Waals surface area (Å²) in [6.45, 7) is 1.79. The predicted molar refractivity (Wildman–Crippen MR) is 106 cm³/mol. The van der Waals surface area contributed by atoms with Crippen molar-refractivity contribution in [1.29, 1.82) is 0 Å². The van der Waals surface area contributed by atoms with Crippen LogP contribution in [0.1, 0.15) is 33.8 Å². The van der Waals surface area contributed by atoms with Crippen LogP contribution >= 0.6 is 0 Å². The minimum atomic E-state index is -0.364. The number of methoxy groups -OCH3 is 1. The number of aromatic nitrogens is 1. The van der Waals surface area contributed by atoms with Gasteiger partial charge in [0.05, 0.1) is 19.8 Å². The van der Waals surface area contributed by atoms with Gasteiger partial charge < -0.3 is 24.8 Å². The second-order valence-electron chi connectivity index (χ2n) is 6.53. The average Bonchev–Trinajstić information content (AvgIpc) is 3.29. The number of hydrogen-bond donors (Lipinski definition) is 2. The Morgan fingerprint density at radius 3 is 2.41 bits per heavy atom. The molecule has 0 aliphatic carbocycles. The number of nitrogens with one attached hydrogen (secondary N) is 2. The molecule has 8 heteroatoms. The van der Waals surface area contributed by atoms with E-state index < -0.39 is 0 Å². The summed E-state index contributed by atoms with van der Waals surface area (Å²) < 4.78 is 16.1. The number of amides is 2. The number of pyridine rings is 1. The van der Waals surface area contributed by atoms with Crippen LogP contribution < -0.4 is 20.1 Å². The Kier molecular flexibility index (Phi) is 7.40. The molecule has 2 N–H and O–H groups in total. The molecule has 0 radical (unpaired) electrons. The maximum Gasteiger partial charge on any atom is 0.270 e. The molecule has 1 aliphatic heterocycles. The lowest BCUT2D eigenvalue weighted by Crippen LogP contribution is -2.33. The molecule has 1 aliphatic rings. The third kappa shape index (κ3) is 6.18. The first-order chi connectivity index (χ1) is 14.2. The largest absolute Gasteiger partial charge is 0.497 e. The van der Waals surface area contributed by atoms with Crippen molar-refractivity contribution < 1.29 is 23.8 Å². The van der Waals surface area contributed by atoms with E-state index in [0.717, 1.165) is 25.2 Å². The molecular formula is C21H25N3O5. The van der Waals surface area contributed by atoms with Crippen LogP contribution in [-0.2, 0) is 4.74 Å². The molecule has 1 aromatic heterocycles. The van der Waals surface area contributed by atoms with E-state index in [-0.39, 0.29) is 29.3 Å². The number of nitrogens with zero attached hydrogens (tertiary/aromatic N) is 1. The van der Waals surface area contributed by atoms with Crippen molar-refractivity contribution in [3.05, 3.63) is 53.9 Å². The van der Waals surface area contributed by atoms with Crippen molar-refractivity contribution >= 4 is 11.8 Å². The van der Waals surface area contributed by atoms with Gasteiger partial charge in [-0.2, -0.15) is 0 Å². The molecule has 0 bridgehead atoms. The van der Waals surface area contributed by atoms with E-state index in [9.17, 15) is 9.59 Å². The highest BCUT2D eigenvalue weighted by molar-refractivity contribution is 5.96. The van der Waals surface area contributed by atoms with E-state index in [1.54, 1.807) is 49.6 Å². The second kappa shape index (κ2) is 10.4. The van der Waals surface area contributed by atoms with Gasteiger partial charge in [-0.25, -0.2) is 4.98 Å². The molecule has 2 heterocycles. The fraction of sp³-hybridized carbons (Fsp3) is 0.381. The molecule has 3 rings (SSSR count). The number of rotatable bonds is 9. The molecule has 0 saturated carbocycles. The summed E-state index contributed by atoms with van der Waals surface area (Å²) in [7, 11) is 1.60. The number of carbonyl (C=O) groups is 2. The van der Waals surface area contributed by atoms with Gasteiger partial charge in [0.25, 0.3) is 11.8 Å². The van der Waals surface area contributed by atoms with Gasteiger partial charge in [-0.3, -0.25) is 9.59 Å². The van der Waals surface area contributed by atoms with Crippen LogP contribution in [0.5, 0.6) is 11.5 Å². The molecule has 1 unspecified atom stereocenters. The van der Waals surface area contributed by atoms with Crippen LogP contribution in [0.25, 0.3) is 0 Å². The monoisotopic (exact) mass is 399 g/mol. The van der Waals surface area contributed by atoms with E-state index in [1.807, 2.05) is 0 Å². The van der Waals surface area contributed by atoms with Crippen molar-refractivity contribution in [2.45, 2.75) is 18.9 Å². The van der Waals surface area contributed by atoms with Gasteiger partial charge in [-0.1, -0.05) is 6.07 Å². The van der Waals surface area contributed by atoms with Gasteiger partial charge in [0, 0.05) is 13.2 Å². The summed E-state index contributed by atoms with van der Waals surface area (Å²) in [5.74, 6) is 0.745. The van der Waals surface area contributed by atoms with Crippen LogP contribution in [0, 0.1) is 0 Å². The number of carbonyl (C=O) groups excluding carboxylic acids is 2. The van der Waals surface area contributed by atoms with E-state index in [0.29, 0.717) is 25.4 Å². The Hall–Kier alpha value is -3.13. The average molecular weight is 399 g/mol. The number of ether oxygens (including phenoxy) is 3. The van der Waals surface area contributed by atoms with Crippen LogP contribution in [-0.4, -0.2) is 56.3 Å². The first-order valence-electron chi connectivity index (χ1n) is 9.57. The van der Waals surface area contributed by atoms with Crippen LogP contribution in [0.15, 0.2) is 42.5 Å². The molecule has 2 amide bonds. The van der Waals surface area contributed by atoms with E-state index in [1.165, 1.54) is 0 Å². The molecule has 0 spiro atoms. The Labute approximate surface area is 169 Å². The molecule has 29 heavy (non-hydrogen) atoms. The van der Waals surface area contributed by atoms with Crippen molar-refractivity contribution in [3.63, 3.8) is 0 Å². The summed E-state index contributed by atoms with van der Waals surface area (Å²) >= 11 is 0. The Bertz CT molecular complexity index is 819. The van der Waals surface area contributed by atoms with Gasteiger partial charge in [0.15, 0.2) is 0 Å². The van der Waals surface area contributed by atoms with Crippen LogP contribution in [0.4, 0.5) is 0 Å². The predicted octanol–water partition coefficient (Wildman–Crippen LogP) is 1.81. The standard InChI is InChI=1S/C21H25N3O5/c1-27-15-7-9-16(10-8-15)29-13-11-22-20(25)18-5-2-6-19(24-18)21(26)23-14-17-4-3-12-28-17/h2,5-10,17H,3-4,11-14H2,1H3,(H,22,25)(H,23,26). The fourth-order valence-electron chi connectivity index (χ4n) is 2.89. The zero-order valence-electron chi connectivity index (χ0n) is 16.3.